The maximum absolute atomic E-state index is 10.9. The number of alkyl halides is 1. The summed E-state index contributed by atoms with van der Waals surface area (Å²) in [5.74, 6) is 0.331. The predicted octanol–water partition coefficient (Wildman–Crippen LogP) is 2.17. The molecular weight excluding hydrogens is 672 g/mol. The maximum atomic E-state index is 10.9. The summed E-state index contributed by atoms with van der Waals surface area (Å²) in [4.78, 5) is 10.9. The van der Waals surface area contributed by atoms with E-state index in [0.29, 0.717) is 159 Å². The van der Waals surface area contributed by atoms with E-state index in [2.05, 4.69) is 4.74 Å². The average molecular weight is 737 g/mol. The van der Waals surface area contributed by atoms with Crippen molar-refractivity contribution in [1.82, 2.24) is 0 Å². The summed E-state index contributed by atoms with van der Waals surface area (Å²) in [6, 6.07) is 0. The van der Waals surface area contributed by atoms with Gasteiger partial charge in [0.2, 0.25) is 0 Å². The van der Waals surface area contributed by atoms with E-state index in [0.717, 1.165) is 31.7 Å². The zero-order chi connectivity index (χ0) is 35.4. The lowest BCUT2D eigenvalue weighted by molar-refractivity contribution is -0.146. The molecule has 0 fully saturated rings. The molecule has 0 amide bonds. The first-order chi connectivity index (χ1) is 24.3. The molecule has 0 saturated carbocycles. The van der Waals surface area contributed by atoms with Crippen molar-refractivity contribution in [3.8, 4) is 0 Å². The largest absolute Gasteiger partial charge is 0.467 e. The normalized spacial score (nSPS) is 11.5. The highest BCUT2D eigenvalue weighted by molar-refractivity contribution is 6.17. The van der Waals surface area contributed by atoms with E-state index in [1.807, 2.05) is 0 Å². The number of rotatable bonds is 44. The summed E-state index contributed by atoms with van der Waals surface area (Å²) in [7, 11) is 1.31. The topological polar surface area (TPSA) is 146 Å². The zero-order valence-electron chi connectivity index (χ0n) is 29.9. The SMILES string of the molecule is COC(=O)COCCOCCOCCOCCOCCOCCOCCOCCOCCOCCOCCOCCOCCCCCCCl. The molecule has 0 aliphatic heterocycles. The van der Waals surface area contributed by atoms with Crippen LogP contribution in [-0.2, 0) is 71.1 Å². The number of hydrogen-bond acceptors (Lipinski definition) is 15. The summed E-state index contributed by atoms with van der Waals surface area (Å²) >= 11 is 5.65. The minimum atomic E-state index is -0.408. The Balaban J connectivity index is 3.05. The van der Waals surface area contributed by atoms with Gasteiger partial charge in [0.1, 0.15) is 6.61 Å². The molecule has 0 aromatic carbocycles. The van der Waals surface area contributed by atoms with Gasteiger partial charge in [0.05, 0.1) is 166 Å². The van der Waals surface area contributed by atoms with Gasteiger partial charge in [-0.3, -0.25) is 0 Å². The molecule has 0 bridgehead atoms. The van der Waals surface area contributed by atoms with Crippen LogP contribution >= 0.6 is 11.6 Å². The second-order valence-corrected chi connectivity index (χ2v) is 10.5. The van der Waals surface area contributed by atoms with Crippen LogP contribution in [0.25, 0.3) is 0 Å². The highest BCUT2D eigenvalue weighted by Gasteiger charge is 2.00. The first kappa shape index (κ1) is 48.2. The second-order valence-electron chi connectivity index (χ2n) is 10.1. The van der Waals surface area contributed by atoms with Crippen LogP contribution in [0.1, 0.15) is 25.7 Å². The van der Waals surface area contributed by atoms with Gasteiger partial charge >= 0.3 is 5.97 Å². The average Bonchev–Trinajstić information content (AvgIpc) is 3.11. The van der Waals surface area contributed by atoms with E-state index in [1.54, 1.807) is 0 Å². The molecule has 15 nitrogen and oxygen atoms in total. The minimum Gasteiger partial charge on any atom is -0.467 e. The molecule has 0 radical (unpaired) electrons. The van der Waals surface area contributed by atoms with E-state index in [4.69, 9.17) is 73.2 Å². The van der Waals surface area contributed by atoms with Crippen molar-refractivity contribution in [3.05, 3.63) is 0 Å². The molecule has 49 heavy (non-hydrogen) atoms. The number of carbonyl (C=O) groups is 1. The van der Waals surface area contributed by atoms with Crippen LogP contribution in [0.2, 0.25) is 0 Å². The number of esters is 1. The summed E-state index contributed by atoms with van der Waals surface area (Å²) in [5.41, 5.74) is 0. The fraction of sp³-hybridized carbons (Fsp3) is 0.970. The quantitative estimate of drug-likeness (QED) is 0.0511. The van der Waals surface area contributed by atoms with Crippen molar-refractivity contribution in [2.24, 2.45) is 0 Å². The fourth-order valence-corrected chi connectivity index (χ4v) is 3.69. The monoisotopic (exact) mass is 736 g/mol. The molecule has 0 aliphatic rings. The van der Waals surface area contributed by atoms with Crippen LogP contribution in [0.4, 0.5) is 0 Å². The molecule has 0 aromatic heterocycles. The molecular formula is C33H65ClO15. The number of carbonyl (C=O) groups excluding carboxylic acids is 1. The molecule has 0 unspecified atom stereocenters. The zero-order valence-corrected chi connectivity index (χ0v) is 30.7. The Labute approximate surface area is 298 Å². The van der Waals surface area contributed by atoms with Crippen LogP contribution in [0.15, 0.2) is 0 Å². The highest BCUT2D eigenvalue weighted by Crippen LogP contribution is 2.01. The van der Waals surface area contributed by atoms with Gasteiger partial charge in [-0.15, -0.1) is 11.6 Å². The highest BCUT2D eigenvalue weighted by atomic mass is 35.5. The molecule has 294 valence electrons. The third-order valence-corrected chi connectivity index (χ3v) is 6.35. The van der Waals surface area contributed by atoms with Crippen LogP contribution in [-0.4, -0.2) is 191 Å². The molecule has 0 rings (SSSR count). The van der Waals surface area contributed by atoms with E-state index in [1.165, 1.54) is 13.5 Å². The first-order valence-corrected chi connectivity index (χ1v) is 18.0. The lowest BCUT2D eigenvalue weighted by Crippen LogP contribution is -2.16. The van der Waals surface area contributed by atoms with Crippen molar-refractivity contribution in [1.29, 1.82) is 0 Å². The van der Waals surface area contributed by atoms with Gasteiger partial charge in [-0.1, -0.05) is 12.8 Å². The van der Waals surface area contributed by atoms with E-state index in [-0.39, 0.29) is 6.61 Å². The van der Waals surface area contributed by atoms with E-state index >= 15 is 0 Å². The molecule has 16 heteroatoms. The molecule has 0 heterocycles. The lowest BCUT2D eigenvalue weighted by Gasteiger charge is -2.09. The lowest BCUT2D eigenvalue weighted by atomic mass is 10.2. The van der Waals surface area contributed by atoms with Gasteiger partial charge in [0.25, 0.3) is 0 Å². The molecule has 0 aliphatic carbocycles. The summed E-state index contributed by atoms with van der Waals surface area (Å²) in [6.07, 6.45) is 4.48. The van der Waals surface area contributed by atoms with Crippen molar-refractivity contribution < 1.29 is 71.1 Å². The van der Waals surface area contributed by atoms with Gasteiger partial charge in [-0.05, 0) is 12.8 Å². The molecule has 0 saturated heterocycles. The minimum absolute atomic E-state index is 0.0715. The molecule has 0 spiro atoms. The number of unbranched alkanes of at least 4 members (excludes halogenated alkanes) is 3. The summed E-state index contributed by atoms with van der Waals surface area (Å²) < 4.78 is 75.0. The van der Waals surface area contributed by atoms with E-state index in [9.17, 15) is 4.79 Å². The Morgan fingerprint density at radius 2 is 0.551 bits per heavy atom. The van der Waals surface area contributed by atoms with Crippen molar-refractivity contribution in [2.75, 3.05) is 185 Å². The Kier molecular flexibility index (Phi) is 44.6. The molecule has 0 aromatic rings. The van der Waals surface area contributed by atoms with Crippen molar-refractivity contribution in [3.63, 3.8) is 0 Å². The molecule has 0 N–H and O–H groups in total. The van der Waals surface area contributed by atoms with Crippen LogP contribution < -0.4 is 0 Å². The third kappa shape index (κ3) is 45.2. The van der Waals surface area contributed by atoms with Gasteiger partial charge in [-0.25, -0.2) is 4.79 Å². The second kappa shape index (κ2) is 45.3. The first-order valence-electron chi connectivity index (χ1n) is 17.4. The van der Waals surface area contributed by atoms with Gasteiger partial charge < -0.3 is 66.3 Å². The van der Waals surface area contributed by atoms with E-state index < -0.39 is 5.97 Å². The van der Waals surface area contributed by atoms with Gasteiger partial charge in [-0.2, -0.15) is 0 Å². The smallest absolute Gasteiger partial charge is 0.331 e. The number of hydrogen-bond donors (Lipinski definition) is 0. The van der Waals surface area contributed by atoms with Crippen LogP contribution in [0.5, 0.6) is 0 Å². The predicted molar refractivity (Wildman–Crippen MR) is 182 cm³/mol. The fourth-order valence-electron chi connectivity index (χ4n) is 3.51. The summed E-state index contributed by atoms with van der Waals surface area (Å²) in [6.45, 7) is 12.6. The Morgan fingerprint density at radius 3 is 0.796 bits per heavy atom. The molecule has 0 atom stereocenters. The Bertz CT molecular complexity index is 625. The summed E-state index contributed by atoms with van der Waals surface area (Å²) in [5, 5.41) is 0. The maximum Gasteiger partial charge on any atom is 0.331 e. The number of methoxy groups -OCH3 is 1. The number of halogens is 1. The third-order valence-electron chi connectivity index (χ3n) is 6.08. The van der Waals surface area contributed by atoms with Crippen LogP contribution in [0.3, 0.4) is 0 Å². The van der Waals surface area contributed by atoms with Gasteiger partial charge in [0, 0.05) is 12.5 Å². The van der Waals surface area contributed by atoms with Crippen molar-refractivity contribution >= 4 is 17.6 Å². The van der Waals surface area contributed by atoms with Crippen LogP contribution in [0, 0.1) is 0 Å². The van der Waals surface area contributed by atoms with Crippen molar-refractivity contribution in [2.45, 2.75) is 25.7 Å². The standard InChI is InChI=1S/C33H65ClO15/c1-36-33(35)32-49-31-30-48-29-28-47-27-26-46-25-24-45-23-22-44-21-20-43-19-18-42-17-16-41-15-14-40-13-12-39-11-10-38-9-8-37-7-5-3-2-4-6-34/h2-32H2,1H3. The Morgan fingerprint density at radius 1 is 0.327 bits per heavy atom. The Hall–Kier alpha value is -0.760. The van der Waals surface area contributed by atoms with Gasteiger partial charge in [0.15, 0.2) is 0 Å². The number of ether oxygens (including phenoxy) is 14.